The van der Waals surface area contributed by atoms with E-state index in [0.717, 1.165) is 15.4 Å². The first kappa shape index (κ1) is 9.79. The van der Waals surface area contributed by atoms with Crippen LogP contribution in [-0.4, -0.2) is 15.9 Å². The van der Waals surface area contributed by atoms with Crippen molar-refractivity contribution in [3.05, 3.63) is 35.6 Å². The largest absolute Gasteiger partial charge is 0.369 e. The summed E-state index contributed by atoms with van der Waals surface area (Å²) in [5, 5.41) is 0.861. The molecule has 15 heavy (non-hydrogen) atoms. The number of nitrogens with two attached hydrogens (primary N) is 1. The molecule has 0 fully saturated rings. The van der Waals surface area contributed by atoms with Crippen molar-refractivity contribution >= 4 is 17.2 Å². The van der Waals surface area contributed by atoms with Crippen LogP contribution >= 0.6 is 11.3 Å². The number of carbonyl (C=O) groups excluding carboxylic acids is 1. The van der Waals surface area contributed by atoms with Crippen molar-refractivity contribution in [2.75, 3.05) is 0 Å². The Hall–Kier alpha value is -1.75. The monoisotopic (exact) mass is 219 g/mol. The second-order valence-corrected chi connectivity index (χ2v) is 4.13. The minimum absolute atomic E-state index is 0.248. The highest BCUT2D eigenvalue weighted by Crippen LogP contribution is 2.24. The number of thiazole rings is 1. The summed E-state index contributed by atoms with van der Waals surface area (Å²) in [6, 6.07) is 3.78. The maximum atomic E-state index is 10.7. The van der Waals surface area contributed by atoms with Gasteiger partial charge in [0.1, 0.15) is 5.01 Å². The Morgan fingerprint density at radius 3 is 3.00 bits per heavy atom. The molecule has 0 aliphatic carbocycles. The van der Waals surface area contributed by atoms with E-state index in [0.29, 0.717) is 0 Å². The molecule has 0 aromatic carbocycles. The molecule has 0 atom stereocenters. The summed E-state index contributed by atoms with van der Waals surface area (Å²) >= 11 is 1.46. The maximum Gasteiger partial charge on any atom is 0.222 e. The third kappa shape index (κ3) is 2.38. The van der Waals surface area contributed by atoms with Gasteiger partial charge in [-0.05, 0) is 12.1 Å². The molecule has 5 heteroatoms. The van der Waals surface area contributed by atoms with E-state index in [9.17, 15) is 4.79 Å². The number of hydrogen-bond acceptors (Lipinski definition) is 4. The first-order chi connectivity index (χ1) is 7.25. The van der Waals surface area contributed by atoms with Crippen LogP contribution in [0.25, 0.3) is 10.6 Å². The molecule has 2 rings (SSSR count). The van der Waals surface area contributed by atoms with Crippen molar-refractivity contribution in [2.24, 2.45) is 5.73 Å². The highest BCUT2D eigenvalue weighted by atomic mass is 32.1. The van der Waals surface area contributed by atoms with Gasteiger partial charge in [0.05, 0.1) is 6.42 Å². The number of amides is 1. The van der Waals surface area contributed by atoms with Gasteiger partial charge < -0.3 is 5.73 Å². The molecule has 2 N–H and O–H groups in total. The third-order valence-electron chi connectivity index (χ3n) is 1.81. The summed E-state index contributed by atoms with van der Waals surface area (Å²) < 4.78 is 0. The Bertz CT molecular complexity index is 467. The third-order valence-corrected chi connectivity index (χ3v) is 2.86. The predicted molar refractivity (Wildman–Crippen MR) is 58.2 cm³/mol. The van der Waals surface area contributed by atoms with Crippen LogP contribution in [0.3, 0.4) is 0 Å². The number of pyridine rings is 1. The lowest BCUT2D eigenvalue weighted by molar-refractivity contribution is -0.117. The van der Waals surface area contributed by atoms with Crippen LogP contribution in [0, 0.1) is 0 Å². The first-order valence-corrected chi connectivity index (χ1v) is 5.21. The maximum absolute atomic E-state index is 10.7. The fourth-order valence-corrected chi connectivity index (χ4v) is 2.10. The van der Waals surface area contributed by atoms with E-state index in [1.165, 1.54) is 11.3 Å². The molecule has 0 radical (unpaired) electrons. The Morgan fingerprint density at radius 1 is 1.47 bits per heavy atom. The van der Waals surface area contributed by atoms with E-state index in [4.69, 9.17) is 5.73 Å². The lowest BCUT2D eigenvalue weighted by Crippen LogP contribution is -2.12. The van der Waals surface area contributed by atoms with Gasteiger partial charge in [-0.1, -0.05) is 0 Å². The average molecular weight is 219 g/mol. The van der Waals surface area contributed by atoms with Gasteiger partial charge in [-0.2, -0.15) is 0 Å². The van der Waals surface area contributed by atoms with Crippen LogP contribution in [-0.2, 0) is 11.2 Å². The lowest BCUT2D eigenvalue weighted by Gasteiger charge is -1.92. The van der Waals surface area contributed by atoms with E-state index < -0.39 is 0 Å². The zero-order valence-corrected chi connectivity index (χ0v) is 8.70. The standard InChI is InChI=1S/C10H9N3OS/c11-9(14)4-8-6-13-10(15-8)7-2-1-3-12-5-7/h1-3,5-6H,4H2,(H2,11,14). The van der Waals surface area contributed by atoms with Crippen molar-refractivity contribution in [3.8, 4) is 10.6 Å². The molecule has 2 heterocycles. The van der Waals surface area contributed by atoms with Crippen molar-refractivity contribution in [1.82, 2.24) is 9.97 Å². The first-order valence-electron chi connectivity index (χ1n) is 4.39. The van der Waals surface area contributed by atoms with Crippen molar-refractivity contribution in [2.45, 2.75) is 6.42 Å². The summed E-state index contributed by atoms with van der Waals surface area (Å²) in [7, 11) is 0. The van der Waals surface area contributed by atoms with E-state index in [1.807, 2.05) is 12.1 Å². The summed E-state index contributed by atoms with van der Waals surface area (Å²) in [6.45, 7) is 0. The molecule has 0 saturated heterocycles. The summed E-state index contributed by atoms with van der Waals surface area (Å²) in [6.07, 6.45) is 5.38. The Balaban J connectivity index is 2.24. The minimum Gasteiger partial charge on any atom is -0.369 e. The fraction of sp³-hybridized carbons (Fsp3) is 0.100. The summed E-state index contributed by atoms with van der Waals surface area (Å²) in [5.41, 5.74) is 6.06. The van der Waals surface area contributed by atoms with Crippen molar-refractivity contribution in [3.63, 3.8) is 0 Å². The molecule has 0 saturated carbocycles. The highest BCUT2D eigenvalue weighted by Gasteiger charge is 2.06. The Labute approximate surface area is 90.8 Å². The van der Waals surface area contributed by atoms with Crippen LogP contribution in [0.1, 0.15) is 4.88 Å². The number of primary amides is 1. The number of aromatic nitrogens is 2. The van der Waals surface area contributed by atoms with Gasteiger partial charge in [-0.15, -0.1) is 11.3 Å². The normalized spacial score (nSPS) is 10.1. The van der Waals surface area contributed by atoms with E-state index >= 15 is 0 Å². The highest BCUT2D eigenvalue weighted by molar-refractivity contribution is 7.15. The van der Waals surface area contributed by atoms with Gasteiger partial charge >= 0.3 is 0 Å². The predicted octanol–water partition coefficient (Wildman–Crippen LogP) is 1.23. The molecule has 76 valence electrons. The van der Waals surface area contributed by atoms with E-state index in [1.54, 1.807) is 18.6 Å². The molecular formula is C10H9N3OS. The van der Waals surface area contributed by atoms with E-state index in [-0.39, 0.29) is 12.3 Å². The zero-order valence-electron chi connectivity index (χ0n) is 7.88. The summed E-state index contributed by atoms with van der Waals surface area (Å²) in [5.74, 6) is -0.337. The molecule has 2 aromatic heterocycles. The summed E-state index contributed by atoms with van der Waals surface area (Å²) in [4.78, 5) is 19.8. The molecule has 0 bridgehead atoms. The van der Waals surface area contributed by atoms with Crippen LogP contribution < -0.4 is 5.73 Å². The van der Waals surface area contributed by atoms with Crippen LogP contribution in [0.4, 0.5) is 0 Å². The Kier molecular flexibility index (Phi) is 2.73. The van der Waals surface area contributed by atoms with E-state index in [2.05, 4.69) is 9.97 Å². The second-order valence-electron chi connectivity index (χ2n) is 3.02. The van der Waals surface area contributed by atoms with Crippen LogP contribution in [0.5, 0.6) is 0 Å². The molecular weight excluding hydrogens is 210 g/mol. The average Bonchev–Trinajstić information content (AvgIpc) is 2.67. The molecule has 0 aliphatic heterocycles. The van der Waals surface area contributed by atoms with Crippen molar-refractivity contribution < 1.29 is 4.79 Å². The van der Waals surface area contributed by atoms with Gasteiger partial charge in [0.25, 0.3) is 0 Å². The topological polar surface area (TPSA) is 68.9 Å². The van der Waals surface area contributed by atoms with Gasteiger partial charge in [0.15, 0.2) is 0 Å². The number of nitrogens with zero attached hydrogens (tertiary/aromatic N) is 2. The van der Waals surface area contributed by atoms with Gasteiger partial charge in [0.2, 0.25) is 5.91 Å². The number of carbonyl (C=O) groups is 1. The number of rotatable bonds is 3. The molecule has 2 aromatic rings. The zero-order chi connectivity index (χ0) is 10.7. The van der Waals surface area contributed by atoms with Crippen LogP contribution in [0.2, 0.25) is 0 Å². The smallest absolute Gasteiger partial charge is 0.222 e. The Morgan fingerprint density at radius 2 is 2.33 bits per heavy atom. The van der Waals surface area contributed by atoms with Gasteiger partial charge in [-0.3, -0.25) is 9.78 Å². The molecule has 0 aliphatic rings. The fourth-order valence-electron chi connectivity index (χ4n) is 1.18. The quantitative estimate of drug-likeness (QED) is 0.844. The van der Waals surface area contributed by atoms with Crippen LogP contribution in [0.15, 0.2) is 30.7 Å². The number of hydrogen-bond donors (Lipinski definition) is 1. The van der Waals surface area contributed by atoms with Crippen molar-refractivity contribution in [1.29, 1.82) is 0 Å². The SMILES string of the molecule is NC(=O)Cc1cnc(-c2cccnc2)s1. The second kappa shape index (κ2) is 4.18. The lowest BCUT2D eigenvalue weighted by atomic mass is 10.3. The molecule has 0 unspecified atom stereocenters. The molecule has 0 spiro atoms. The molecule has 1 amide bonds. The minimum atomic E-state index is -0.337. The van der Waals surface area contributed by atoms with Gasteiger partial charge in [0, 0.05) is 29.0 Å². The molecule has 4 nitrogen and oxygen atoms in total. The van der Waals surface area contributed by atoms with Gasteiger partial charge in [-0.25, -0.2) is 4.98 Å².